The normalized spacial score (nSPS) is 41.2. The van der Waals surface area contributed by atoms with Gasteiger partial charge in [-0.3, -0.25) is 4.90 Å². The number of hydrogen-bond donors (Lipinski definition) is 2. The summed E-state index contributed by atoms with van der Waals surface area (Å²) in [6, 6.07) is 0.540. The van der Waals surface area contributed by atoms with Crippen LogP contribution < -0.4 is 0 Å². The van der Waals surface area contributed by atoms with Crippen LogP contribution in [0.3, 0.4) is 0 Å². The maximum atomic E-state index is 10.0. The van der Waals surface area contributed by atoms with Gasteiger partial charge in [-0.1, -0.05) is 25.7 Å². The molecule has 16 heavy (non-hydrogen) atoms. The minimum atomic E-state index is -0.187. The fraction of sp³-hybridized carbons (Fsp3) is 1.00. The van der Waals surface area contributed by atoms with Gasteiger partial charge in [0, 0.05) is 12.1 Å². The summed E-state index contributed by atoms with van der Waals surface area (Å²) in [5.74, 6) is 0. The summed E-state index contributed by atoms with van der Waals surface area (Å²) < 4.78 is 0. The van der Waals surface area contributed by atoms with E-state index in [1.807, 2.05) is 0 Å². The molecular weight excluding hydrogens is 202 g/mol. The van der Waals surface area contributed by atoms with Crippen LogP contribution in [0.4, 0.5) is 0 Å². The zero-order valence-corrected chi connectivity index (χ0v) is 10.3. The Morgan fingerprint density at radius 3 is 1.50 bits per heavy atom. The maximum absolute atomic E-state index is 10.0. The number of aliphatic hydroxyl groups is 2. The smallest absolute Gasteiger partial charge is 0.0695 e. The Labute approximate surface area is 98.5 Å². The van der Waals surface area contributed by atoms with Crippen molar-refractivity contribution < 1.29 is 10.2 Å². The maximum Gasteiger partial charge on any atom is 0.0695 e. The highest BCUT2D eigenvalue weighted by Crippen LogP contribution is 2.29. The lowest BCUT2D eigenvalue weighted by Crippen LogP contribution is -2.53. The predicted octanol–water partition coefficient (Wildman–Crippen LogP) is 1.53. The molecule has 0 bridgehead atoms. The van der Waals surface area contributed by atoms with E-state index in [1.165, 1.54) is 12.8 Å². The van der Waals surface area contributed by atoms with Crippen molar-refractivity contribution in [3.05, 3.63) is 0 Å². The average Bonchev–Trinajstić information content (AvgIpc) is 2.29. The molecule has 0 aromatic carbocycles. The van der Waals surface area contributed by atoms with Gasteiger partial charge in [0.1, 0.15) is 0 Å². The van der Waals surface area contributed by atoms with E-state index in [9.17, 15) is 10.2 Å². The highest BCUT2D eigenvalue weighted by Gasteiger charge is 2.34. The second-order valence-electron chi connectivity index (χ2n) is 5.50. The molecule has 2 fully saturated rings. The molecule has 4 atom stereocenters. The van der Waals surface area contributed by atoms with Crippen LogP contribution in [0.15, 0.2) is 0 Å². The van der Waals surface area contributed by atoms with E-state index in [-0.39, 0.29) is 24.3 Å². The van der Waals surface area contributed by atoms with Gasteiger partial charge < -0.3 is 10.2 Å². The van der Waals surface area contributed by atoms with Gasteiger partial charge in [-0.25, -0.2) is 0 Å². The highest BCUT2D eigenvalue weighted by molar-refractivity contribution is 4.89. The molecule has 2 N–H and O–H groups in total. The average molecular weight is 227 g/mol. The number of nitrogens with zero attached hydrogens (tertiary/aromatic N) is 1. The first-order valence-electron chi connectivity index (χ1n) is 6.78. The monoisotopic (exact) mass is 227 g/mol. The van der Waals surface area contributed by atoms with Crippen LogP contribution in [0.1, 0.15) is 51.4 Å². The lowest BCUT2D eigenvalue weighted by Gasteiger charge is -2.43. The Hall–Kier alpha value is -0.120. The largest absolute Gasteiger partial charge is 0.391 e. The lowest BCUT2D eigenvalue weighted by molar-refractivity contribution is -0.0371. The van der Waals surface area contributed by atoms with Crippen LogP contribution in [0.2, 0.25) is 0 Å². The first-order chi connectivity index (χ1) is 7.70. The number of aliphatic hydroxyl groups excluding tert-OH is 2. The second kappa shape index (κ2) is 5.48. The molecule has 2 saturated carbocycles. The molecule has 0 amide bonds. The zero-order chi connectivity index (χ0) is 11.5. The molecule has 2 aliphatic carbocycles. The molecule has 94 valence electrons. The third-order valence-electron chi connectivity index (χ3n) is 4.43. The molecule has 0 aromatic rings. The summed E-state index contributed by atoms with van der Waals surface area (Å²) in [6.45, 7) is 0. The Balaban J connectivity index is 1.96. The van der Waals surface area contributed by atoms with Crippen LogP contribution >= 0.6 is 0 Å². The molecule has 2 unspecified atom stereocenters. The van der Waals surface area contributed by atoms with E-state index in [1.54, 1.807) is 0 Å². The van der Waals surface area contributed by atoms with Crippen LogP contribution in [0.5, 0.6) is 0 Å². The molecule has 0 heterocycles. The van der Waals surface area contributed by atoms with Gasteiger partial charge in [0.05, 0.1) is 12.2 Å². The fourth-order valence-electron chi connectivity index (χ4n) is 3.38. The van der Waals surface area contributed by atoms with Crippen LogP contribution in [0, 0.1) is 0 Å². The van der Waals surface area contributed by atoms with E-state index < -0.39 is 0 Å². The van der Waals surface area contributed by atoms with Gasteiger partial charge in [-0.15, -0.1) is 0 Å². The third-order valence-corrected chi connectivity index (χ3v) is 4.43. The highest BCUT2D eigenvalue weighted by atomic mass is 16.3. The molecule has 0 radical (unpaired) electrons. The van der Waals surface area contributed by atoms with Crippen molar-refractivity contribution in [2.24, 2.45) is 0 Å². The van der Waals surface area contributed by atoms with Gasteiger partial charge in [0.25, 0.3) is 0 Å². The summed E-state index contributed by atoms with van der Waals surface area (Å²) >= 11 is 0. The summed E-state index contributed by atoms with van der Waals surface area (Å²) in [7, 11) is 2.08. The Kier molecular flexibility index (Phi) is 4.22. The van der Waals surface area contributed by atoms with Gasteiger partial charge in [0.15, 0.2) is 0 Å². The van der Waals surface area contributed by atoms with Crippen LogP contribution in [0.25, 0.3) is 0 Å². The van der Waals surface area contributed by atoms with Crippen molar-refractivity contribution in [3.63, 3.8) is 0 Å². The topological polar surface area (TPSA) is 43.7 Å². The second-order valence-corrected chi connectivity index (χ2v) is 5.50. The SMILES string of the molecule is CN(C1CCCCC1O)[C@@H]1CCCC[C@H]1O. The number of rotatable bonds is 2. The predicted molar refractivity (Wildman–Crippen MR) is 64.3 cm³/mol. The fourth-order valence-corrected chi connectivity index (χ4v) is 3.38. The summed E-state index contributed by atoms with van der Waals surface area (Å²) in [4.78, 5) is 2.26. The number of likely N-dealkylation sites (N-methyl/N-ethyl adjacent to an activating group) is 1. The lowest BCUT2D eigenvalue weighted by atomic mass is 9.86. The van der Waals surface area contributed by atoms with E-state index >= 15 is 0 Å². The van der Waals surface area contributed by atoms with Crippen molar-refractivity contribution in [2.75, 3.05) is 7.05 Å². The van der Waals surface area contributed by atoms with E-state index in [0.717, 1.165) is 38.5 Å². The quantitative estimate of drug-likeness (QED) is 0.752. The molecule has 0 aliphatic heterocycles. The van der Waals surface area contributed by atoms with Gasteiger partial charge >= 0.3 is 0 Å². The van der Waals surface area contributed by atoms with Crippen molar-refractivity contribution in [2.45, 2.75) is 75.7 Å². The first kappa shape index (κ1) is 12.3. The van der Waals surface area contributed by atoms with Gasteiger partial charge in [-0.2, -0.15) is 0 Å². The number of hydrogen-bond acceptors (Lipinski definition) is 3. The molecular formula is C13H25NO2. The minimum absolute atomic E-state index is 0.187. The van der Waals surface area contributed by atoms with Gasteiger partial charge in [-0.05, 0) is 32.7 Å². The van der Waals surface area contributed by atoms with Crippen molar-refractivity contribution in [1.82, 2.24) is 4.90 Å². The Morgan fingerprint density at radius 2 is 1.12 bits per heavy atom. The standard InChI is InChI=1S/C13H25NO2/c1-14(10-6-2-4-8-12(10)15)11-7-3-5-9-13(11)16/h10-13,15-16H,2-9H2,1H3/t10-,11?,12-,13?/m1/s1. The summed E-state index contributed by atoms with van der Waals surface area (Å²) in [5.41, 5.74) is 0. The first-order valence-corrected chi connectivity index (χ1v) is 6.78. The molecule has 0 aromatic heterocycles. The third kappa shape index (κ3) is 2.58. The summed E-state index contributed by atoms with van der Waals surface area (Å²) in [5, 5.41) is 20.1. The van der Waals surface area contributed by atoms with Crippen molar-refractivity contribution in [1.29, 1.82) is 0 Å². The minimum Gasteiger partial charge on any atom is -0.391 e. The van der Waals surface area contributed by atoms with Crippen molar-refractivity contribution >= 4 is 0 Å². The van der Waals surface area contributed by atoms with Crippen molar-refractivity contribution in [3.8, 4) is 0 Å². The molecule has 0 saturated heterocycles. The van der Waals surface area contributed by atoms with Crippen LogP contribution in [-0.2, 0) is 0 Å². The van der Waals surface area contributed by atoms with Crippen LogP contribution in [-0.4, -0.2) is 46.5 Å². The Bertz CT molecular complexity index is 200. The van der Waals surface area contributed by atoms with E-state index in [4.69, 9.17) is 0 Å². The Morgan fingerprint density at radius 1 is 0.750 bits per heavy atom. The summed E-state index contributed by atoms with van der Waals surface area (Å²) in [6.07, 6.45) is 8.39. The molecule has 0 spiro atoms. The van der Waals surface area contributed by atoms with E-state index in [0.29, 0.717) is 0 Å². The zero-order valence-electron chi connectivity index (χ0n) is 10.3. The van der Waals surface area contributed by atoms with Gasteiger partial charge in [0.2, 0.25) is 0 Å². The van der Waals surface area contributed by atoms with E-state index in [2.05, 4.69) is 11.9 Å². The molecule has 2 aliphatic rings. The molecule has 3 nitrogen and oxygen atoms in total. The molecule has 3 heteroatoms. The molecule has 2 rings (SSSR count).